The molecule has 0 fully saturated rings. The molecule has 2 aromatic carbocycles. The van der Waals surface area contributed by atoms with Crippen LogP contribution in [0.25, 0.3) is 0 Å². The van der Waals surface area contributed by atoms with Crippen LogP contribution in [0.15, 0.2) is 36.4 Å². The fourth-order valence-electron chi connectivity index (χ4n) is 1.75. The Morgan fingerprint density at radius 1 is 1.11 bits per heavy atom. The normalized spacial score (nSPS) is 9.89. The molecule has 0 saturated carbocycles. The van der Waals surface area contributed by atoms with Crippen LogP contribution in [-0.2, 0) is 0 Å². The van der Waals surface area contributed by atoms with E-state index in [4.69, 9.17) is 5.26 Å². The first kappa shape index (κ1) is 12.1. The Kier molecular flexibility index (Phi) is 3.29. The molecular formula is C15H13FN2. The number of hydrogen-bond donors (Lipinski definition) is 1. The van der Waals surface area contributed by atoms with Crippen LogP contribution in [0.2, 0.25) is 0 Å². The van der Waals surface area contributed by atoms with Crippen LogP contribution in [0.4, 0.5) is 15.8 Å². The number of nitrogens with zero attached hydrogens (tertiary/aromatic N) is 1. The van der Waals surface area contributed by atoms with Crippen LogP contribution in [0.5, 0.6) is 0 Å². The summed E-state index contributed by atoms with van der Waals surface area (Å²) in [7, 11) is 0. The monoisotopic (exact) mass is 240 g/mol. The molecular weight excluding hydrogens is 227 g/mol. The Balaban J connectivity index is 2.43. The molecule has 0 aliphatic carbocycles. The van der Waals surface area contributed by atoms with Gasteiger partial charge < -0.3 is 5.32 Å². The van der Waals surface area contributed by atoms with E-state index >= 15 is 0 Å². The van der Waals surface area contributed by atoms with Gasteiger partial charge in [0.2, 0.25) is 0 Å². The van der Waals surface area contributed by atoms with Crippen molar-refractivity contribution >= 4 is 11.4 Å². The number of hydrogen-bond acceptors (Lipinski definition) is 2. The first-order chi connectivity index (χ1) is 8.61. The molecule has 0 atom stereocenters. The van der Waals surface area contributed by atoms with E-state index in [0.717, 1.165) is 5.56 Å². The zero-order chi connectivity index (χ0) is 13.1. The predicted molar refractivity (Wildman–Crippen MR) is 70.3 cm³/mol. The second-order valence-corrected chi connectivity index (χ2v) is 4.20. The van der Waals surface area contributed by atoms with E-state index in [1.54, 1.807) is 25.1 Å². The number of anilines is 2. The van der Waals surface area contributed by atoms with E-state index in [2.05, 4.69) is 11.4 Å². The Hall–Kier alpha value is -2.34. The van der Waals surface area contributed by atoms with Crippen LogP contribution < -0.4 is 5.32 Å². The molecule has 0 aromatic heterocycles. The lowest BCUT2D eigenvalue weighted by Gasteiger charge is -2.12. The van der Waals surface area contributed by atoms with Gasteiger partial charge in [0.15, 0.2) is 0 Å². The number of benzene rings is 2. The average molecular weight is 240 g/mol. The molecule has 0 radical (unpaired) electrons. The highest BCUT2D eigenvalue weighted by atomic mass is 19.1. The fraction of sp³-hybridized carbons (Fsp3) is 0.133. The van der Waals surface area contributed by atoms with Gasteiger partial charge in [0.1, 0.15) is 11.9 Å². The van der Waals surface area contributed by atoms with Gasteiger partial charge in [-0.15, -0.1) is 0 Å². The van der Waals surface area contributed by atoms with E-state index in [-0.39, 0.29) is 5.82 Å². The Bertz CT molecular complexity index is 627. The third-order valence-corrected chi connectivity index (χ3v) is 2.83. The standard InChI is InChI=1S/C15H13FN2/c1-10-6-7-12(9-17)15(8-10)18-14-5-3-4-13(16)11(14)2/h3-8,18H,1-2H3. The average Bonchev–Trinajstić information content (AvgIpc) is 2.35. The molecule has 3 heteroatoms. The predicted octanol–water partition coefficient (Wildman–Crippen LogP) is 4.06. The summed E-state index contributed by atoms with van der Waals surface area (Å²) in [5.74, 6) is -0.258. The summed E-state index contributed by atoms with van der Waals surface area (Å²) in [6.45, 7) is 3.66. The maximum atomic E-state index is 13.4. The molecule has 0 unspecified atom stereocenters. The van der Waals surface area contributed by atoms with Gasteiger partial charge in [-0.1, -0.05) is 12.1 Å². The van der Waals surface area contributed by atoms with Gasteiger partial charge in [0.25, 0.3) is 0 Å². The summed E-state index contributed by atoms with van der Waals surface area (Å²) in [5, 5.41) is 12.2. The molecule has 0 heterocycles. The van der Waals surface area contributed by atoms with Crippen molar-refractivity contribution in [2.45, 2.75) is 13.8 Å². The molecule has 0 aliphatic heterocycles. The minimum Gasteiger partial charge on any atom is -0.354 e. The van der Waals surface area contributed by atoms with E-state index < -0.39 is 0 Å². The van der Waals surface area contributed by atoms with Gasteiger partial charge in [-0.25, -0.2) is 4.39 Å². The third-order valence-electron chi connectivity index (χ3n) is 2.83. The maximum Gasteiger partial charge on any atom is 0.128 e. The molecule has 2 rings (SSSR count). The van der Waals surface area contributed by atoms with Crippen molar-refractivity contribution in [2.24, 2.45) is 0 Å². The zero-order valence-corrected chi connectivity index (χ0v) is 10.3. The van der Waals surface area contributed by atoms with Gasteiger partial charge in [-0.2, -0.15) is 5.26 Å². The zero-order valence-electron chi connectivity index (χ0n) is 10.3. The highest BCUT2D eigenvalue weighted by Crippen LogP contribution is 2.25. The van der Waals surface area contributed by atoms with Crippen molar-refractivity contribution in [1.29, 1.82) is 5.26 Å². The SMILES string of the molecule is Cc1ccc(C#N)c(Nc2cccc(F)c2C)c1. The second-order valence-electron chi connectivity index (χ2n) is 4.20. The van der Waals surface area contributed by atoms with Gasteiger partial charge in [-0.3, -0.25) is 0 Å². The van der Waals surface area contributed by atoms with Crippen molar-refractivity contribution in [1.82, 2.24) is 0 Å². The Morgan fingerprint density at radius 2 is 1.89 bits per heavy atom. The molecule has 18 heavy (non-hydrogen) atoms. The minimum absolute atomic E-state index is 0.258. The van der Waals surface area contributed by atoms with Crippen molar-refractivity contribution in [3.05, 3.63) is 58.9 Å². The van der Waals surface area contributed by atoms with Crippen LogP contribution in [0.3, 0.4) is 0 Å². The van der Waals surface area contributed by atoms with Crippen molar-refractivity contribution in [3.8, 4) is 6.07 Å². The number of aryl methyl sites for hydroxylation is 1. The molecule has 2 nitrogen and oxygen atoms in total. The molecule has 0 amide bonds. The largest absolute Gasteiger partial charge is 0.354 e. The fourth-order valence-corrected chi connectivity index (χ4v) is 1.75. The van der Waals surface area contributed by atoms with Crippen LogP contribution in [0, 0.1) is 31.0 Å². The Labute approximate surface area is 106 Å². The molecule has 0 aliphatic rings. The van der Waals surface area contributed by atoms with Crippen molar-refractivity contribution < 1.29 is 4.39 Å². The number of rotatable bonds is 2. The van der Waals surface area contributed by atoms with E-state index in [9.17, 15) is 4.39 Å². The first-order valence-electron chi connectivity index (χ1n) is 5.64. The van der Waals surface area contributed by atoms with E-state index in [1.807, 2.05) is 19.1 Å². The molecule has 0 saturated heterocycles. The number of nitriles is 1. The topological polar surface area (TPSA) is 35.8 Å². The lowest BCUT2D eigenvalue weighted by Crippen LogP contribution is -1.97. The van der Waals surface area contributed by atoms with Crippen LogP contribution >= 0.6 is 0 Å². The molecule has 2 aromatic rings. The summed E-state index contributed by atoms with van der Waals surface area (Å²) in [6.07, 6.45) is 0. The Morgan fingerprint density at radius 3 is 2.61 bits per heavy atom. The lowest BCUT2D eigenvalue weighted by atomic mass is 10.1. The lowest BCUT2D eigenvalue weighted by molar-refractivity contribution is 0.619. The van der Waals surface area contributed by atoms with Gasteiger partial charge in [-0.05, 0) is 43.7 Å². The van der Waals surface area contributed by atoms with Gasteiger partial charge in [0.05, 0.1) is 11.3 Å². The summed E-state index contributed by atoms with van der Waals surface area (Å²) in [5.41, 5.74) is 3.51. The van der Waals surface area contributed by atoms with Crippen LogP contribution in [-0.4, -0.2) is 0 Å². The first-order valence-corrected chi connectivity index (χ1v) is 5.64. The summed E-state index contributed by atoms with van der Waals surface area (Å²) in [4.78, 5) is 0. The highest BCUT2D eigenvalue weighted by Gasteiger charge is 2.06. The summed E-state index contributed by atoms with van der Waals surface area (Å²) < 4.78 is 13.4. The van der Waals surface area contributed by atoms with Crippen LogP contribution in [0.1, 0.15) is 16.7 Å². The van der Waals surface area contributed by atoms with Gasteiger partial charge >= 0.3 is 0 Å². The molecule has 0 spiro atoms. The minimum atomic E-state index is -0.258. The summed E-state index contributed by atoms with van der Waals surface area (Å²) in [6, 6.07) is 12.5. The van der Waals surface area contributed by atoms with Crippen molar-refractivity contribution in [2.75, 3.05) is 5.32 Å². The second kappa shape index (κ2) is 4.89. The number of halogens is 1. The highest BCUT2D eigenvalue weighted by molar-refractivity contribution is 5.69. The van der Waals surface area contributed by atoms with Gasteiger partial charge in [0, 0.05) is 11.3 Å². The maximum absolute atomic E-state index is 13.4. The molecule has 90 valence electrons. The quantitative estimate of drug-likeness (QED) is 0.859. The van der Waals surface area contributed by atoms with Crippen molar-refractivity contribution in [3.63, 3.8) is 0 Å². The summed E-state index contributed by atoms with van der Waals surface area (Å²) >= 11 is 0. The number of nitrogens with one attached hydrogen (secondary N) is 1. The van der Waals surface area contributed by atoms with E-state index in [0.29, 0.717) is 22.5 Å². The smallest absolute Gasteiger partial charge is 0.128 e. The molecule has 0 bridgehead atoms. The third kappa shape index (κ3) is 2.33. The molecule has 1 N–H and O–H groups in total. The van der Waals surface area contributed by atoms with E-state index in [1.165, 1.54) is 6.07 Å².